The molecule has 2 aliphatic rings. The molecule has 0 saturated carbocycles. The quantitative estimate of drug-likeness (QED) is 0.715. The minimum atomic E-state index is -0.424. The molecular weight excluding hydrogens is 220 g/mol. The van der Waals surface area contributed by atoms with Crippen molar-refractivity contribution in [1.29, 1.82) is 0 Å². The van der Waals surface area contributed by atoms with Gasteiger partial charge in [0.2, 0.25) is 5.91 Å². The van der Waals surface area contributed by atoms with Gasteiger partial charge in [-0.1, -0.05) is 0 Å². The van der Waals surface area contributed by atoms with Gasteiger partial charge in [-0.3, -0.25) is 9.69 Å². The van der Waals surface area contributed by atoms with Gasteiger partial charge in [-0.05, 0) is 26.7 Å². The highest BCUT2D eigenvalue weighted by Crippen LogP contribution is 2.20. The molecule has 5 nitrogen and oxygen atoms in total. The Balaban J connectivity index is 2.02. The number of amides is 1. The van der Waals surface area contributed by atoms with E-state index in [2.05, 4.69) is 10.2 Å². The minimum absolute atomic E-state index is 0.0817. The summed E-state index contributed by atoms with van der Waals surface area (Å²) >= 11 is 0. The monoisotopic (exact) mass is 242 g/mol. The molecule has 0 spiro atoms. The third-order valence-electron chi connectivity index (χ3n) is 3.44. The van der Waals surface area contributed by atoms with Crippen LogP contribution in [0.5, 0.6) is 0 Å². The standard InChI is InChI=1S/C12H22N2O3/c1-12(2)8-14(6-9-4-3-5-17-9)10(7-15)11(16)13-12/h9-10,15H,3-8H2,1-2H3,(H,13,16). The molecule has 2 atom stereocenters. The topological polar surface area (TPSA) is 61.8 Å². The van der Waals surface area contributed by atoms with Crippen LogP contribution in [0.4, 0.5) is 0 Å². The van der Waals surface area contributed by atoms with Crippen molar-refractivity contribution >= 4 is 5.91 Å². The van der Waals surface area contributed by atoms with E-state index < -0.39 is 6.04 Å². The van der Waals surface area contributed by atoms with Crippen LogP contribution in [0.1, 0.15) is 26.7 Å². The first kappa shape index (κ1) is 12.8. The van der Waals surface area contributed by atoms with E-state index >= 15 is 0 Å². The summed E-state index contributed by atoms with van der Waals surface area (Å²) < 4.78 is 5.60. The first-order valence-corrected chi connectivity index (χ1v) is 6.30. The van der Waals surface area contributed by atoms with Crippen molar-refractivity contribution in [2.75, 3.05) is 26.3 Å². The van der Waals surface area contributed by atoms with Crippen molar-refractivity contribution in [3.63, 3.8) is 0 Å². The zero-order chi connectivity index (χ0) is 12.5. The molecule has 17 heavy (non-hydrogen) atoms. The number of aliphatic hydroxyl groups is 1. The highest BCUT2D eigenvalue weighted by molar-refractivity contribution is 5.83. The summed E-state index contributed by atoms with van der Waals surface area (Å²) in [5.74, 6) is -0.0817. The van der Waals surface area contributed by atoms with Gasteiger partial charge in [-0.2, -0.15) is 0 Å². The summed E-state index contributed by atoms with van der Waals surface area (Å²) in [5.41, 5.74) is -0.235. The summed E-state index contributed by atoms with van der Waals surface area (Å²) in [7, 11) is 0. The van der Waals surface area contributed by atoms with E-state index in [4.69, 9.17) is 4.74 Å². The lowest BCUT2D eigenvalue weighted by Crippen LogP contribution is -2.66. The number of carbonyl (C=O) groups is 1. The van der Waals surface area contributed by atoms with Crippen LogP contribution in [0.25, 0.3) is 0 Å². The Hall–Kier alpha value is -0.650. The smallest absolute Gasteiger partial charge is 0.240 e. The van der Waals surface area contributed by atoms with Gasteiger partial charge < -0.3 is 15.2 Å². The van der Waals surface area contributed by atoms with Gasteiger partial charge in [-0.25, -0.2) is 0 Å². The molecule has 2 heterocycles. The lowest BCUT2D eigenvalue weighted by Gasteiger charge is -2.43. The van der Waals surface area contributed by atoms with Crippen LogP contribution in [0.2, 0.25) is 0 Å². The van der Waals surface area contributed by atoms with E-state index in [9.17, 15) is 9.90 Å². The number of aliphatic hydroxyl groups excluding tert-OH is 1. The van der Waals surface area contributed by atoms with Gasteiger partial charge in [0, 0.05) is 25.2 Å². The van der Waals surface area contributed by atoms with E-state index in [-0.39, 0.29) is 24.2 Å². The number of nitrogens with one attached hydrogen (secondary N) is 1. The Morgan fingerprint density at radius 3 is 2.94 bits per heavy atom. The van der Waals surface area contributed by atoms with Gasteiger partial charge in [0.15, 0.2) is 0 Å². The third kappa shape index (κ3) is 2.97. The van der Waals surface area contributed by atoms with Gasteiger partial charge in [0.05, 0.1) is 12.7 Å². The number of hydrogen-bond acceptors (Lipinski definition) is 4. The van der Waals surface area contributed by atoms with Crippen molar-refractivity contribution < 1.29 is 14.6 Å². The molecule has 2 N–H and O–H groups in total. The molecule has 0 aliphatic carbocycles. The van der Waals surface area contributed by atoms with Crippen molar-refractivity contribution in [3.05, 3.63) is 0 Å². The first-order chi connectivity index (χ1) is 8.02. The maximum atomic E-state index is 11.9. The Labute approximate surface area is 102 Å². The summed E-state index contributed by atoms with van der Waals surface area (Å²) in [6.07, 6.45) is 2.36. The zero-order valence-electron chi connectivity index (χ0n) is 10.6. The second kappa shape index (κ2) is 4.92. The Bertz CT molecular complexity index is 287. The molecule has 2 fully saturated rings. The lowest BCUT2D eigenvalue weighted by molar-refractivity contribution is -0.135. The molecule has 0 radical (unpaired) electrons. The molecule has 2 aliphatic heterocycles. The van der Waals surface area contributed by atoms with Gasteiger partial charge in [0.1, 0.15) is 6.04 Å². The van der Waals surface area contributed by atoms with Crippen LogP contribution in [0.15, 0.2) is 0 Å². The fourth-order valence-electron chi connectivity index (χ4n) is 2.68. The number of rotatable bonds is 3. The van der Waals surface area contributed by atoms with Crippen LogP contribution in [-0.4, -0.2) is 59.9 Å². The van der Waals surface area contributed by atoms with Crippen molar-refractivity contribution in [1.82, 2.24) is 10.2 Å². The zero-order valence-corrected chi connectivity index (χ0v) is 10.6. The molecule has 0 aromatic heterocycles. The number of ether oxygens (including phenoxy) is 1. The van der Waals surface area contributed by atoms with E-state index in [1.54, 1.807) is 0 Å². The summed E-state index contributed by atoms with van der Waals surface area (Å²) in [5, 5.41) is 12.3. The highest BCUT2D eigenvalue weighted by Gasteiger charge is 2.39. The van der Waals surface area contributed by atoms with E-state index in [1.165, 1.54) is 0 Å². The molecule has 0 aromatic carbocycles. The average Bonchev–Trinajstić information content (AvgIpc) is 2.68. The van der Waals surface area contributed by atoms with Crippen LogP contribution in [-0.2, 0) is 9.53 Å². The number of hydrogen-bond donors (Lipinski definition) is 2. The SMILES string of the molecule is CC1(C)CN(CC2CCCO2)C(CO)C(=O)N1. The summed E-state index contributed by atoms with van der Waals surface area (Å²) in [4.78, 5) is 13.9. The Kier molecular flexibility index (Phi) is 3.70. The number of carbonyl (C=O) groups excluding carboxylic acids is 1. The maximum Gasteiger partial charge on any atom is 0.240 e. The molecule has 2 saturated heterocycles. The Morgan fingerprint density at radius 2 is 2.35 bits per heavy atom. The van der Waals surface area contributed by atoms with Crippen LogP contribution in [0, 0.1) is 0 Å². The molecular formula is C12H22N2O3. The van der Waals surface area contributed by atoms with E-state index in [0.29, 0.717) is 0 Å². The van der Waals surface area contributed by atoms with Crippen LogP contribution < -0.4 is 5.32 Å². The highest BCUT2D eigenvalue weighted by atomic mass is 16.5. The second-order valence-corrected chi connectivity index (χ2v) is 5.64. The molecule has 98 valence electrons. The molecule has 1 amide bonds. The van der Waals surface area contributed by atoms with Crippen LogP contribution in [0.3, 0.4) is 0 Å². The third-order valence-corrected chi connectivity index (χ3v) is 3.44. The van der Waals surface area contributed by atoms with Crippen molar-refractivity contribution in [3.8, 4) is 0 Å². The number of piperazine rings is 1. The molecule has 2 rings (SSSR count). The fourth-order valence-corrected chi connectivity index (χ4v) is 2.68. The van der Waals surface area contributed by atoms with Gasteiger partial charge >= 0.3 is 0 Å². The summed E-state index contributed by atoms with van der Waals surface area (Å²) in [6, 6.07) is -0.424. The normalized spacial score (nSPS) is 33.7. The predicted octanol–water partition coefficient (Wildman–Crippen LogP) is -0.263. The Morgan fingerprint density at radius 1 is 1.59 bits per heavy atom. The molecule has 0 bridgehead atoms. The lowest BCUT2D eigenvalue weighted by atomic mass is 9.97. The van der Waals surface area contributed by atoms with Crippen molar-refractivity contribution in [2.24, 2.45) is 0 Å². The number of nitrogens with zero attached hydrogens (tertiary/aromatic N) is 1. The van der Waals surface area contributed by atoms with Gasteiger partial charge in [0.25, 0.3) is 0 Å². The predicted molar refractivity (Wildman–Crippen MR) is 63.6 cm³/mol. The average molecular weight is 242 g/mol. The van der Waals surface area contributed by atoms with Gasteiger partial charge in [-0.15, -0.1) is 0 Å². The first-order valence-electron chi connectivity index (χ1n) is 6.30. The molecule has 2 unspecified atom stereocenters. The minimum Gasteiger partial charge on any atom is -0.394 e. The van der Waals surface area contributed by atoms with E-state index in [0.717, 1.165) is 32.5 Å². The van der Waals surface area contributed by atoms with Crippen LogP contribution >= 0.6 is 0 Å². The fraction of sp³-hybridized carbons (Fsp3) is 0.917. The largest absolute Gasteiger partial charge is 0.394 e. The molecule has 5 heteroatoms. The summed E-state index contributed by atoms with van der Waals surface area (Å²) in [6.45, 7) is 6.18. The van der Waals surface area contributed by atoms with Crippen molar-refractivity contribution in [2.45, 2.75) is 44.4 Å². The maximum absolute atomic E-state index is 11.9. The van der Waals surface area contributed by atoms with E-state index in [1.807, 2.05) is 13.8 Å². The second-order valence-electron chi connectivity index (χ2n) is 5.64. The molecule has 0 aromatic rings.